The first-order valence-corrected chi connectivity index (χ1v) is 7.75. The molecule has 2 aromatic rings. The van der Waals surface area contributed by atoms with Gasteiger partial charge in [0.05, 0.1) is 6.54 Å². The van der Waals surface area contributed by atoms with Crippen LogP contribution in [0.3, 0.4) is 0 Å². The fourth-order valence-corrected chi connectivity index (χ4v) is 2.90. The van der Waals surface area contributed by atoms with Crippen LogP contribution < -0.4 is 10.6 Å². The lowest BCUT2D eigenvalue weighted by Gasteiger charge is -2.15. The molecule has 2 rings (SSSR count). The summed E-state index contributed by atoms with van der Waals surface area (Å²) in [5, 5.41) is 8.30. The average Bonchev–Trinajstić information content (AvgIpc) is 3.01. The van der Waals surface area contributed by atoms with E-state index in [2.05, 4.69) is 29.0 Å². The number of carbonyl (C=O) groups excluding carboxylic acids is 1. The second kappa shape index (κ2) is 7.82. The zero-order valence-electron chi connectivity index (χ0n) is 11.6. The van der Waals surface area contributed by atoms with Crippen LogP contribution in [-0.2, 0) is 11.3 Å². The van der Waals surface area contributed by atoms with Gasteiger partial charge in [0, 0.05) is 17.5 Å². The lowest BCUT2D eigenvalue weighted by molar-refractivity contribution is -0.120. The molecule has 0 aliphatic heterocycles. The predicted octanol–water partition coefficient (Wildman–Crippen LogP) is 3.11. The molecule has 0 fully saturated rings. The van der Waals surface area contributed by atoms with Gasteiger partial charge in [0.2, 0.25) is 5.91 Å². The normalized spacial score (nSPS) is 12.1. The second-order valence-electron chi connectivity index (χ2n) is 4.62. The first kappa shape index (κ1) is 14.8. The lowest BCUT2D eigenvalue weighted by atomic mass is 10.2. The maximum Gasteiger partial charge on any atom is 0.234 e. The highest BCUT2D eigenvalue weighted by atomic mass is 32.1. The van der Waals surface area contributed by atoms with E-state index in [1.807, 2.05) is 36.4 Å². The predicted molar refractivity (Wildman–Crippen MR) is 83.6 cm³/mol. The Hall–Kier alpha value is -1.65. The van der Waals surface area contributed by atoms with E-state index in [1.165, 1.54) is 4.88 Å². The number of carbonyl (C=O) groups is 1. The molecule has 20 heavy (non-hydrogen) atoms. The Balaban J connectivity index is 1.74. The van der Waals surface area contributed by atoms with E-state index in [1.54, 1.807) is 11.3 Å². The maximum absolute atomic E-state index is 11.8. The minimum Gasteiger partial charge on any atom is -0.351 e. The molecule has 1 aromatic carbocycles. The van der Waals surface area contributed by atoms with Gasteiger partial charge < -0.3 is 10.6 Å². The summed E-state index contributed by atoms with van der Waals surface area (Å²) in [5.74, 6) is 0.0314. The van der Waals surface area contributed by atoms with E-state index in [9.17, 15) is 4.79 Å². The summed E-state index contributed by atoms with van der Waals surface area (Å²) < 4.78 is 0. The molecule has 1 heterocycles. The molecule has 0 saturated carbocycles. The molecule has 0 aliphatic rings. The zero-order chi connectivity index (χ0) is 14.2. The van der Waals surface area contributed by atoms with Crippen LogP contribution >= 0.6 is 11.3 Å². The number of hydrogen-bond donors (Lipinski definition) is 2. The molecule has 0 bridgehead atoms. The highest BCUT2D eigenvalue weighted by Gasteiger charge is 2.11. The minimum atomic E-state index is 0.0314. The van der Waals surface area contributed by atoms with Crippen LogP contribution in [0, 0.1) is 0 Å². The summed E-state index contributed by atoms with van der Waals surface area (Å²) in [6, 6.07) is 14.3. The summed E-state index contributed by atoms with van der Waals surface area (Å²) in [6.45, 7) is 3.06. The summed E-state index contributed by atoms with van der Waals surface area (Å²) >= 11 is 1.72. The summed E-state index contributed by atoms with van der Waals surface area (Å²) in [7, 11) is 0. The fourth-order valence-electron chi connectivity index (χ4n) is 2.01. The molecule has 4 heteroatoms. The molecular weight excluding hydrogens is 268 g/mol. The highest BCUT2D eigenvalue weighted by Crippen LogP contribution is 2.21. The molecule has 1 amide bonds. The van der Waals surface area contributed by atoms with Crippen molar-refractivity contribution in [3.63, 3.8) is 0 Å². The smallest absolute Gasteiger partial charge is 0.234 e. The minimum absolute atomic E-state index is 0.0314. The van der Waals surface area contributed by atoms with E-state index in [4.69, 9.17) is 0 Å². The lowest BCUT2D eigenvalue weighted by Crippen LogP contribution is -2.35. The van der Waals surface area contributed by atoms with E-state index in [0.29, 0.717) is 13.1 Å². The molecule has 1 atom stereocenters. The number of hydrogen-bond acceptors (Lipinski definition) is 3. The molecule has 1 unspecified atom stereocenters. The van der Waals surface area contributed by atoms with Gasteiger partial charge in [-0.05, 0) is 23.4 Å². The Morgan fingerprint density at radius 1 is 1.20 bits per heavy atom. The van der Waals surface area contributed by atoms with E-state index >= 15 is 0 Å². The molecule has 0 spiro atoms. The summed E-state index contributed by atoms with van der Waals surface area (Å²) in [4.78, 5) is 13.1. The Morgan fingerprint density at radius 2 is 2.00 bits per heavy atom. The fraction of sp³-hybridized carbons (Fsp3) is 0.312. The number of rotatable bonds is 7. The van der Waals surface area contributed by atoms with Gasteiger partial charge in [-0.2, -0.15) is 0 Å². The molecule has 0 radical (unpaired) electrons. The third-order valence-electron chi connectivity index (χ3n) is 3.14. The molecular formula is C16H20N2OS. The Labute approximate surface area is 124 Å². The average molecular weight is 288 g/mol. The summed E-state index contributed by atoms with van der Waals surface area (Å²) in [6.07, 6.45) is 0.979. The Kier molecular flexibility index (Phi) is 5.77. The largest absolute Gasteiger partial charge is 0.351 e. The van der Waals surface area contributed by atoms with Crippen molar-refractivity contribution >= 4 is 17.2 Å². The van der Waals surface area contributed by atoms with Crippen LogP contribution in [0.2, 0.25) is 0 Å². The quantitative estimate of drug-likeness (QED) is 0.822. The van der Waals surface area contributed by atoms with Crippen molar-refractivity contribution in [3.8, 4) is 0 Å². The summed E-state index contributed by atoms with van der Waals surface area (Å²) in [5.41, 5.74) is 1.12. The third kappa shape index (κ3) is 4.47. The molecule has 106 valence electrons. The number of nitrogens with one attached hydrogen (secondary N) is 2. The van der Waals surface area contributed by atoms with Crippen LogP contribution in [0.15, 0.2) is 47.8 Å². The van der Waals surface area contributed by atoms with Crippen molar-refractivity contribution in [1.29, 1.82) is 0 Å². The van der Waals surface area contributed by atoms with Crippen LogP contribution in [0.5, 0.6) is 0 Å². The number of benzene rings is 1. The van der Waals surface area contributed by atoms with Gasteiger partial charge in [-0.15, -0.1) is 11.3 Å². The van der Waals surface area contributed by atoms with Gasteiger partial charge in [0.1, 0.15) is 0 Å². The Bertz CT molecular complexity index is 511. The SMILES string of the molecule is CCC(NCC(=O)NCc1ccccc1)c1cccs1. The van der Waals surface area contributed by atoms with Crippen LogP contribution in [-0.4, -0.2) is 12.5 Å². The number of amides is 1. The van der Waals surface area contributed by atoms with E-state index < -0.39 is 0 Å². The molecule has 0 saturated heterocycles. The molecule has 0 aliphatic carbocycles. The van der Waals surface area contributed by atoms with Crippen LogP contribution in [0.25, 0.3) is 0 Å². The second-order valence-corrected chi connectivity index (χ2v) is 5.60. The monoisotopic (exact) mass is 288 g/mol. The van der Waals surface area contributed by atoms with Gasteiger partial charge in [-0.25, -0.2) is 0 Å². The number of thiophene rings is 1. The first-order chi connectivity index (χ1) is 9.79. The van der Waals surface area contributed by atoms with Gasteiger partial charge in [-0.1, -0.05) is 43.3 Å². The van der Waals surface area contributed by atoms with Crippen molar-refractivity contribution in [3.05, 3.63) is 58.3 Å². The first-order valence-electron chi connectivity index (χ1n) is 6.87. The van der Waals surface area contributed by atoms with E-state index in [0.717, 1.165) is 12.0 Å². The van der Waals surface area contributed by atoms with Crippen LogP contribution in [0.4, 0.5) is 0 Å². The van der Waals surface area contributed by atoms with Crippen molar-refractivity contribution in [2.24, 2.45) is 0 Å². The molecule has 1 aromatic heterocycles. The zero-order valence-corrected chi connectivity index (χ0v) is 12.5. The van der Waals surface area contributed by atoms with Crippen molar-refractivity contribution in [1.82, 2.24) is 10.6 Å². The van der Waals surface area contributed by atoms with Crippen molar-refractivity contribution < 1.29 is 4.79 Å². The van der Waals surface area contributed by atoms with Gasteiger partial charge in [0.15, 0.2) is 0 Å². The Morgan fingerprint density at radius 3 is 2.65 bits per heavy atom. The molecule has 3 nitrogen and oxygen atoms in total. The van der Waals surface area contributed by atoms with Crippen molar-refractivity contribution in [2.45, 2.75) is 25.9 Å². The van der Waals surface area contributed by atoms with Crippen LogP contribution in [0.1, 0.15) is 29.8 Å². The highest BCUT2D eigenvalue weighted by molar-refractivity contribution is 7.10. The van der Waals surface area contributed by atoms with Gasteiger partial charge in [-0.3, -0.25) is 4.79 Å². The third-order valence-corrected chi connectivity index (χ3v) is 4.12. The van der Waals surface area contributed by atoms with E-state index in [-0.39, 0.29) is 11.9 Å². The van der Waals surface area contributed by atoms with Gasteiger partial charge in [0.25, 0.3) is 0 Å². The maximum atomic E-state index is 11.8. The van der Waals surface area contributed by atoms with Crippen molar-refractivity contribution in [2.75, 3.05) is 6.54 Å². The van der Waals surface area contributed by atoms with Gasteiger partial charge >= 0.3 is 0 Å². The molecule has 2 N–H and O–H groups in total. The topological polar surface area (TPSA) is 41.1 Å². The standard InChI is InChI=1S/C16H20N2OS/c1-2-14(15-9-6-10-20-15)17-12-16(19)18-11-13-7-4-3-5-8-13/h3-10,14,17H,2,11-12H2,1H3,(H,18,19).